The SMILES string of the molecule is COc1ccc(C(=O)NCC(=O)c2cc(CC(C)C)cc(-c3csc4c(C)cccc34)n2)cc1OC. The summed E-state index contributed by atoms with van der Waals surface area (Å²) in [5, 5.41) is 5.95. The number of carbonyl (C=O) groups is 2. The molecule has 2 heterocycles. The standard InChI is InChI=1S/C29H30N2O4S/c1-17(2)11-19-12-23(22-16-36-28-18(3)7-6-8-21(22)28)31-24(13-19)25(32)15-30-29(33)20-9-10-26(34-4)27(14-20)35-5/h6-10,12-14,16-17H,11,15H2,1-5H3,(H,30,33). The number of methoxy groups -OCH3 is 2. The molecular weight excluding hydrogens is 472 g/mol. The second kappa shape index (κ2) is 10.9. The second-order valence-electron chi connectivity index (χ2n) is 9.12. The Bertz CT molecular complexity index is 1420. The van der Waals surface area contributed by atoms with Crippen LogP contribution in [0, 0.1) is 12.8 Å². The summed E-state index contributed by atoms with van der Waals surface area (Å²) in [5.41, 5.74) is 4.80. The topological polar surface area (TPSA) is 77.5 Å². The molecule has 0 saturated carbocycles. The molecular formula is C29H30N2O4S. The number of nitrogens with one attached hydrogen (secondary N) is 1. The van der Waals surface area contributed by atoms with Gasteiger partial charge in [0.25, 0.3) is 5.91 Å². The van der Waals surface area contributed by atoms with E-state index in [4.69, 9.17) is 14.5 Å². The third-order valence-electron chi connectivity index (χ3n) is 5.94. The van der Waals surface area contributed by atoms with Crippen molar-refractivity contribution in [1.82, 2.24) is 10.3 Å². The molecule has 0 fully saturated rings. The molecule has 186 valence electrons. The van der Waals surface area contributed by atoms with Crippen LogP contribution < -0.4 is 14.8 Å². The van der Waals surface area contributed by atoms with Gasteiger partial charge in [-0.1, -0.05) is 32.0 Å². The molecule has 0 saturated heterocycles. The van der Waals surface area contributed by atoms with Crippen LogP contribution in [0.4, 0.5) is 0 Å². The van der Waals surface area contributed by atoms with E-state index in [0.717, 1.165) is 28.6 Å². The number of carbonyl (C=O) groups excluding carboxylic acids is 2. The molecule has 36 heavy (non-hydrogen) atoms. The van der Waals surface area contributed by atoms with Gasteiger partial charge in [-0.25, -0.2) is 4.98 Å². The van der Waals surface area contributed by atoms with Crippen LogP contribution >= 0.6 is 11.3 Å². The first-order valence-corrected chi connectivity index (χ1v) is 12.7. The van der Waals surface area contributed by atoms with E-state index in [2.05, 4.69) is 49.7 Å². The summed E-state index contributed by atoms with van der Waals surface area (Å²) in [6, 6.07) is 15.0. The van der Waals surface area contributed by atoms with E-state index in [1.165, 1.54) is 24.5 Å². The number of nitrogens with zero attached hydrogens (tertiary/aromatic N) is 1. The van der Waals surface area contributed by atoms with E-state index in [1.54, 1.807) is 29.5 Å². The van der Waals surface area contributed by atoms with Crippen molar-refractivity contribution in [1.29, 1.82) is 0 Å². The van der Waals surface area contributed by atoms with Crippen LogP contribution in [0.25, 0.3) is 21.3 Å². The minimum atomic E-state index is -0.373. The van der Waals surface area contributed by atoms with Gasteiger partial charge in [0.15, 0.2) is 17.3 Å². The van der Waals surface area contributed by atoms with Gasteiger partial charge in [0, 0.05) is 26.6 Å². The maximum absolute atomic E-state index is 13.2. The van der Waals surface area contributed by atoms with Gasteiger partial charge in [0.05, 0.1) is 26.5 Å². The monoisotopic (exact) mass is 502 g/mol. The number of Topliss-reactive ketones (excluding diaryl/α,β-unsaturated/α-hetero) is 1. The number of ether oxygens (including phenoxy) is 2. The van der Waals surface area contributed by atoms with E-state index in [-0.39, 0.29) is 18.2 Å². The summed E-state index contributed by atoms with van der Waals surface area (Å²) >= 11 is 1.69. The Morgan fingerprint density at radius 1 is 1.03 bits per heavy atom. The number of fused-ring (bicyclic) bond motifs is 1. The lowest BCUT2D eigenvalue weighted by molar-refractivity contribution is 0.0902. The molecule has 7 heteroatoms. The van der Waals surface area contributed by atoms with E-state index < -0.39 is 0 Å². The highest BCUT2D eigenvalue weighted by Gasteiger charge is 2.17. The molecule has 0 aliphatic heterocycles. The molecule has 6 nitrogen and oxygen atoms in total. The van der Waals surface area contributed by atoms with Gasteiger partial charge in [-0.2, -0.15) is 0 Å². The van der Waals surface area contributed by atoms with Crippen molar-refractivity contribution < 1.29 is 19.1 Å². The number of thiophene rings is 1. The maximum atomic E-state index is 13.2. The molecule has 2 aromatic carbocycles. The summed E-state index contributed by atoms with van der Waals surface area (Å²) in [5.74, 6) is 0.783. The predicted octanol–water partition coefficient (Wildman–Crippen LogP) is 6.10. The molecule has 0 radical (unpaired) electrons. The van der Waals surface area contributed by atoms with Crippen molar-refractivity contribution in [3.63, 3.8) is 0 Å². The number of aryl methyl sites for hydroxylation is 1. The van der Waals surface area contributed by atoms with Gasteiger partial charge < -0.3 is 14.8 Å². The van der Waals surface area contributed by atoms with E-state index >= 15 is 0 Å². The van der Waals surface area contributed by atoms with Gasteiger partial charge in [0.1, 0.15) is 5.69 Å². The number of hydrogen-bond donors (Lipinski definition) is 1. The molecule has 4 aromatic rings. The predicted molar refractivity (Wildman–Crippen MR) is 145 cm³/mol. The minimum absolute atomic E-state index is 0.158. The quantitative estimate of drug-likeness (QED) is 0.280. The molecule has 2 aromatic heterocycles. The van der Waals surface area contributed by atoms with E-state index in [9.17, 15) is 9.59 Å². The van der Waals surface area contributed by atoms with Crippen molar-refractivity contribution in [3.8, 4) is 22.8 Å². The van der Waals surface area contributed by atoms with Crippen LogP contribution in [0.1, 0.15) is 45.8 Å². The third-order valence-corrected chi connectivity index (χ3v) is 7.07. The zero-order valence-corrected chi connectivity index (χ0v) is 22.0. The van der Waals surface area contributed by atoms with Crippen molar-refractivity contribution in [3.05, 3.63) is 76.3 Å². The van der Waals surface area contributed by atoms with E-state index in [1.807, 2.05) is 12.1 Å². The lowest BCUT2D eigenvalue weighted by atomic mass is 9.99. The molecule has 0 bridgehead atoms. The lowest BCUT2D eigenvalue weighted by Crippen LogP contribution is -2.30. The summed E-state index contributed by atoms with van der Waals surface area (Å²) in [6.07, 6.45) is 0.828. The number of amides is 1. The third kappa shape index (κ3) is 5.41. The van der Waals surface area contributed by atoms with Gasteiger partial charge in [-0.15, -0.1) is 11.3 Å². The molecule has 0 atom stereocenters. The number of ketones is 1. The Morgan fingerprint density at radius 2 is 1.81 bits per heavy atom. The minimum Gasteiger partial charge on any atom is -0.493 e. The Kier molecular flexibility index (Phi) is 7.70. The Morgan fingerprint density at radius 3 is 2.53 bits per heavy atom. The average Bonchev–Trinajstić information content (AvgIpc) is 3.31. The summed E-state index contributed by atoms with van der Waals surface area (Å²) in [4.78, 5) is 30.6. The Balaban J connectivity index is 1.60. The highest BCUT2D eigenvalue weighted by molar-refractivity contribution is 7.18. The second-order valence-corrected chi connectivity index (χ2v) is 10.0. The molecule has 4 rings (SSSR count). The van der Waals surface area contributed by atoms with Gasteiger partial charge in [0.2, 0.25) is 0 Å². The number of benzene rings is 2. The molecule has 0 spiro atoms. The maximum Gasteiger partial charge on any atom is 0.251 e. The number of pyridine rings is 1. The van der Waals surface area contributed by atoms with Gasteiger partial charge >= 0.3 is 0 Å². The van der Waals surface area contributed by atoms with Crippen molar-refractivity contribution in [2.75, 3.05) is 20.8 Å². The van der Waals surface area contributed by atoms with Crippen LogP contribution in [0.15, 0.2) is 53.9 Å². The van der Waals surface area contributed by atoms with Gasteiger partial charge in [-0.05, 0) is 60.7 Å². The number of hydrogen-bond acceptors (Lipinski definition) is 6. The van der Waals surface area contributed by atoms with Crippen molar-refractivity contribution >= 4 is 33.1 Å². The zero-order valence-electron chi connectivity index (χ0n) is 21.2. The molecule has 1 amide bonds. The van der Waals surface area contributed by atoms with Crippen LogP contribution in [-0.2, 0) is 6.42 Å². The average molecular weight is 503 g/mol. The smallest absolute Gasteiger partial charge is 0.251 e. The first kappa shape index (κ1) is 25.4. The Hall–Kier alpha value is -3.71. The largest absolute Gasteiger partial charge is 0.493 e. The molecule has 0 aliphatic carbocycles. The van der Waals surface area contributed by atoms with Crippen molar-refractivity contribution in [2.45, 2.75) is 27.2 Å². The fraction of sp³-hybridized carbons (Fsp3) is 0.276. The lowest BCUT2D eigenvalue weighted by Gasteiger charge is -2.12. The summed E-state index contributed by atoms with van der Waals surface area (Å²) < 4.78 is 11.7. The summed E-state index contributed by atoms with van der Waals surface area (Å²) in [7, 11) is 3.04. The van der Waals surface area contributed by atoms with Crippen molar-refractivity contribution in [2.24, 2.45) is 5.92 Å². The van der Waals surface area contributed by atoms with Crippen LogP contribution in [0.5, 0.6) is 11.5 Å². The van der Waals surface area contributed by atoms with Crippen LogP contribution in [-0.4, -0.2) is 37.4 Å². The highest BCUT2D eigenvalue weighted by Crippen LogP contribution is 2.35. The molecule has 0 aliphatic rings. The molecule has 0 unspecified atom stereocenters. The first-order chi connectivity index (χ1) is 17.3. The number of aromatic nitrogens is 1. The fourth-order valence-electron chi connectivity index (χ4n) is 4.19. The fourth-order valence-corrected chi connectivity index (χ4v) is 5.23. The van der Waals surface area contributed by atoms with E-state index in [0.29, 0.717) is 28.7 Å². The molecule has 1 N–H and O–H groups in total. The van der Waals surface area contributed by atoms with Crippen LogP contribution in [0.3, 0.4) is 0 Å². The normalized spacial score (nSPS) is 11.1. The first-order valence-electron chi connectivity index (χ1n) is 11.8. The summed E-state index contributed by atoms with van der Waals surface area (Å²) in [6.45, 7) is 6.23. The number of rotatable bonds is 9. The van der Waals surface area contributed by atoms with Gasteiger partial charge in [-0.3, -0.25) is 9.59 Å². The highest BCUT2D eigenvalue weighted by atomic mass is 32.1. The Labute approximate surface area is 215 Å². The van der Waals surface area contributed by atoms with Crippen LogP contribution in [0.2, 0.25) is 0 Å². The zero-order chi connectivity index (χ0) is 25.8.